The van der Waals surface area contributed by atoms with Crippen molar-refractivity contribution in [3.8, 4) is 5.75 Å². The lowest BCUT2D eigenvalue weighted by atomic mass is 10.0. The molecule has 188 valence electrons. The molecule has 11 nitrogen and oxygen atoms in total. The highest BCUT2D eigenvalue weighted by Gasteiger charge is 2.42. The molecule has 2 atom stereocenters. The van der Waals surface area contributed by atoms with E-state index in [2.05, 4.69) is 5.32 Å². The summed E-state index contributed by atoms with van der Waals surface area (Å²) >= 11 is 0. The van der Waals surface area contributed by atoms with Crippen molar-refractivity contribution in [1.82, 2.24) is 9.88 Å². The lowest BCUT2D eigenvalue weighted by molar-refractivity contribution is -0.148. The van der Waals surface area contributed by atoms with E-state index >= 15 is 0 Å². The molecule has 35 heavy (non-hydrogen) atoms. The van der Waals surface area contributed by atoms with Crippen LogP contribution in [0, 0.1) is 0 Å². The van der Waals surface area contributed by atoms with Crippen molar-refractivity contribution in [1.29, 1.82) is 0 Å². The Morgan fingerprint density at radius 2 is 1.77 bits per heavy atom. The van der Waals surface area contributed by atoms with Crippen LogP contribution in [-0.2, 0) is 41.7 Å². The van der Waals surface area contributed by atoms with Gasteiger partial charge >= 0.3 is 24.0 Å². The first-order chi connectivity index (χ1) is 16.3. The summed E-state index contributed by atoms with van der Waals surface area (Å²) < 4.78 is 23.3. The lowest BCUT2D eigenvalue weighted by Crippen LogP contribution is -2.42. The first-order valence-corrected chi connectivity index (χ1v) is 10.9. The number of hydrogen-bond acceptors (Lipinski definition) is 9. The minimum absolute atomic E-state index is 0.0966. The number of carbonyl (C=O) groups is 5. The van der Waals surface area contributed by atoms with E-state index in [4.69, 9.17) is 18.9 Å². The fourth-order valence-corrected chi connectivity index (χ4v) is 4.08. The summed E-state index contributed by atoms with van der Waals surface area (Å²) in [6.07, 6.45) is -1.07. The molecule has 1 amide bonds. The highest BCUT2D eigenvalue weighted by atomic mass is 16.6. The summed E-state index contributed by atoms with van der Waals surface area (Å²) in [6.45, 7) is 8.77. The molecular weight excluding hydrogens is 460 g/mol. The van der Waals surface area contributed by atoms with Gasteiger partial charge in [0.05, 0.1) is 17.3 Å². The molecule has 0 unspecified atom stereocenters. The predicted molar refractivity (Wildman–Crippen MR) is 122 cm³/mol. The number of hydrogen-bond donors (Lipinski definition) is 1. The van der Waals surface area contributed by atoms with Gasteiger partial charge in [0.2, 0.25) is 0 Å². The smallest absolute Gasteiger partial charge is 0.408 e. The van der Waals surface area contributed by atoms with Gasteiger partial charge in [-0.3, -0.25) is 19.2 Å². The molecule has 0 saturated heterocycles. The Kier molecular flexibility index (Phi) is 7.18. The number of ether oxygens (including phenoxy) is 4. The largest absolute Gasteiger partial charge is 0.461 e. The van der Waals surface area contributed by atoms with Gasteiger partial charge < -0.3 is 28.8 Å². The zero-order chi connectivity index (χ0) is 26.1. The number of aldehydes is 1. The van der Waals surface area contributed by atoms with E-state index in [0.717, 1.165) is 0 Å². The maximum absolute atomic E-state index is 12.5. The van der Waals surface area contributed by atoms with Gasteiger partial charge in [-0.15, -0.1) is 0 Å². The van der Waals surface area contributed by atoms with Gasteiger partial charge in [0, 0.05) is 43.8 Å². The molecule has 1 aromatic heterocycles. The van der Waals surface area contributed by atoms with Gasteiger partial charge in [0.15, 0.2) is 6.10 Å². The fourth-order valence-electron chi connectivity index (χ4n) is 4.08. The second kappa shape index (κ2) is 9.77. The lowest BCUT2D eigenvalue weighted by Gasteiger charge is -2.25. The number of carbonyl (C=O) groups excluding carboxylic acids is 5. The van der Waals surface area contributed by atoms with Crippen LogP contribution < -0.4 is 10.1 Å². The maximum Gasteiger partial charge on any atom is 0.408 e. The van der Waals surface area contributed by atoms with E-state index in [1.54, 1.807) is 31.4 Å². The van der Waals surface area contributed by atoms with Crippen molar-refractivity contribution in [3.63, 3.8) is 0 Å². The highest BCUT2D eigenvalue weighted by Crippen LogP contribution is 2.43. The van der Waals surface area contributed by atoms with E-state index in [1.807, 2.05) is 0 Å². The van der Waals surface area contributed by atoms with Crippen LogP contribution in [0.15, 0.2) is 12.1 Å². The first kappa shape index (κ1) is 25.7. The number of nitrogens with zero attached hydrogens (tertiary/aromatic N) is 1. The van der Waals surface area contributed by atoms with Crippen molar-refractivity contribution in [2.75, 3.05) is 0 Å². The van der Waals surface area contributed by atoms with Gasteiger partial charge in [-0.2, -0.15) is 0 Å². The molecule has 0 bridgehead atoms. The monoisotopic (exact) mass is 488 g/mol. The fraction of sp³-hybridized carbons (Fsp3) is 0.458. The first-order valence-electron chi connectivity index (χ1n) is 10.9. The molecule has 1 aliphatic heterocycles. The standard InChI is InChI=1S/C24H28N2O9/c1-12(28)32-11-16-20-18(7-15(10-27)8-19(20)33-13(2)29)26-9-17(22(21(16)26)34-14(3)30)25-23(31)35-24(4,5)6/h7-8,10,17,22H,9,11H2,1-6H3,(H,25,31)/t17-,22-/m0/s1. The molecule has 0 radical (unpaired) electrons. The van der Waals surface area contributed by atoms with Crippen molar-refractivity contribution >= 4 is 41.2 Å². The number of amides is 1. The predicted octanol–water partition coefficient (Wildman–Crippen LogP) is 2.95. The van der Waals surface area contributed by atoms with Crippen LogP contribution in [0.5, 0.6) is 5.75 Å². The number of esters is 3. The van der Waals surface area contributed by atoms with Gasteiger partial charge in [-0.05, 0) is 32.9 Å². The van der Waals surface area contributed by atoms with Crippen LogP contribution in [-0.4, -0.2) is 46.5 Å². The molecule has 11 heteroatoms. The molecule has 1 aliphatic rings. The van der Waals surface area contributed by atoms with Crippen LogP contribution in [0.25, 0.3) is 10.9 Å². The van der Waals surface area contributed by atoms with E-state index in [1.165, 1.54) is 26.8 Å². The number of benzene rings is 1. The minimum atomic E-state index is -0.970. The number of aromatic nitrogens is 1. The number of rotatable bonds is 6. The summed E-state index contributed by atoms with van der Waals surface area (Å²) in [5, 5.41) is 3.16. The quantitative estimate of drug-likeness (QED) is 0.281. The van der Waals surface area contributed by atoms with E-state index in [-0.39, 0.29) is 24.5 Å². The van der Waals surface area contributed by atoms with Gasteiger partial charge in [0.1, 0.15) is 24.2 Å². The molecule has 2 aromatic rings. The molecule has 1 N–H and O–H groups in total. The third-order valence-corrected chi connectivity index (χ3v) is 5.12. The van der Waals surface area contributed by atoms with E-state index in [0.29, 0.717) is 28.4 Å². The maximum atomic E-state index is 12.5. The average Bonchev–Trinajstić information content (AvgIpc) is 3.19. The van der Waals surface area contributed by atoms with E-state index in [9.17, 15) is 24.0 Å². The Labute approximate surface area is 201 Å². The zero-order valence-corrected chi connectivity index (χ0v) is 20.4. The zero-order valence-electron chi connectivity index (χ0n) is 20.4. The summed E-state index contributed by atoms with van der Waals surface area (Å²) in [4.78, 5) is 59.5. The average molecular weight is 488 g/mol. The number of fused-ring (bicyclic) bond motifs is 3. The van der Waals surface area contributed by atoms with Crippen LogP contribution in [0.1, 0.15) is 69.3 Å². The number of alkyl carbamates (subject to hydrolysis) is 1. The molecule has 0 spiro atoms. The number of nitrogens with one attached hydrogen (secondary N) is 1. The Balaban J connectivity index is 2.20. The van der Waals surface area contributed by atoms with Crippen LogP contribution >= 0.6 is 0 Å². The van der Waals surface area contributed by atoms with E-state index < -0.39 is 41.7 Å². The van der Waals surface area contributed by atoms with Crippen LogP contribution in [0.2, 0.25) is 0 Å². The van der Waals surface area contributed by atoms with Crippen molar-refractivity contribution in [2.45, 2.75) is 72.4 Å². The summed E-state index contributed by atoms with van der Waals surface area (Å²) in [5.41, 5.74) is 0.826. The van der Waals surface area contributed by atoms with Crippen LogP contribution in [0.4, 0.5) is 4.79 Å². The summed E-state index contributed by atoms with van der Waals surface area (Å²) in [6, 6.07) is 2.26. The minimum Gasteiger partial charge on any atom is -0.461 e. The van der Waals surface area contributed by atoms with Gasteiger partial charge in [-0.25, -0.2) is 4.79 Å². The molecule has 0 fully saturated rings. The molecule has 3 rings (SSSR count). The normalized spacial score (nSPS) is 16.9. The Morgan fingerprint density at radius 3 is 2.31 bits per heavy atom. The van der Waals surface area contributed by atoms with Gasteiger partial charge in [0.25, 0.3) is 0 Å². The highest BCUT2D eigenvalue weighted by molar-refractivity contribution is 5.97. The second-order valence-corrected chi connectivity index (χ2v) is 9.16. The Morgan fingerprint density at radius 1 is 1.09 bits per heavy atom. The van der Waals surface area contributed by atoms with Crippen molar-refractivity contribution in [3.05, 3.63) is 29.0 Å². The topological polar surface area (TPSA) is 139 Å². The van der Waals surface area contributed by atoms with Crippen molar-refractivity contribution < 1.29 is 42.9 Å². The summed E-state index contributed by atoms with van der Waals surface area (Å²) in [5.74, 6) is -1.67. The molecular formula is C24H28N2O9. The third-order valence-electron chi connectivity index (χ3n) is 5.12. The molecule has 1 aromatic carbocycles. The SMILES string of the molecule is CC(=O)OCc1c2n(c3cc(C=O)cc(OC(C)=O)c13)C[C@H](NC(=O)OC(C)(C)C)[C@@H]2OC(C)=O. The Bertz CT molecular complexity index is 1210. The third kappa shape index (κ3) is 5.79. The molecule has 0 aliphatic carbocycles. The Hall–Kier alpha value is -3.89. The van der Waals surface area contributed by atoms with Gasteiger partial charge in [-0.1, -0.05) is 0 Å². The second-order valence-electron chi connectivity index (χ2n) is 9.16. The molecule has 2 heterocycles. The van der Waals surface area contributed by atoms with Crippen molar-refractivity contribution in [2.24, 2.45) is 0 Å². The molecule has 0 saturated carbocycles. The van der Waals surface area contributed by atoms with Crippen LogP contribution in [0.3, 0.4) is 0 Å². The summed E-state index contributed by atoms with van der Waals surface area (Å²) in [7, 11) is 0.